The summed E-state index contributed by atoms with van der Waals surface area (Å²) >= 11 is 6.20. The number of amides is 1. The summed E-state index contributed by atoms with van der Waals surface area (Å²) < 4.78 is 16.7. The van der Waals surface area contributed by atoms with Crippen molar-refractivity contribution in [2.45, 2.75) is 13.2 Å². The van der Waals surface area contributed by atoms with Crippen LogP contribution in [0.4, 0.5) is 5.69 Å². The zero-order valence-corrected chi connectivity index (χ0v) is 19.3. The van der Waals surface area contributed by atoms with Gasteiger partial charge < -0.3 is 19.5 Å². The Kier molecular flexibility index (Phi) is 7.83. The first-order chi connectivity index (χ1) is 16.1. The first-order valence-electron chi connectivity index (χ1n) is 10.9. The van der Waals surface area contributed by atoms with Gasteiger partial charge in [0.25, 0.3) is 5.91 Å². The van der Waals surface area contributed by atoms with Crippen LogP contribution in [0.15, 0.2) is 66.7 Å². The molecule has 0 bridgehead atoms. The molecule has 4 rings (SSSR count). The fourth-order valence-corrected chi connectivity index (χ4v) is 3.86. The van der Waals surface area contributed by atoms with Gasteiger partial charge in [0.2, 0.25) is 0 Å². The molecule has 6 nitrogen and oxygen atoms in total. The maximum Gasteiger partial charge on any atom is 0.255 e. The summed E-state index contributed by atoms with van der Waals surface area (Å²) in [5, 5.41) is 3.62. The number of nitrogens with zero attached hydrogens (tertiary/aromatic N) is 1. The minimum absolute atomic E-state index is 0.213. The highest BCUT2D eigenvalue weighted by Gasteiger charge is 2.14. The van der Waals surface area contributed by atoms with Crippen molar-refractivity contribution in [1.29, 1.82) is 0 Å². The Morgan fingerprint density at radius 3 is 2.64 bits per heavy atom. The maximum atomic E-state index is 12.9. The van der Waals surface area contributed by atoms with Crippen molar-refractivity contribution in [2.75, 3.05) is 38.7 Å². The topological polar surface area (TPSA) is 60.0 Å². The molecule has 7 heteroatoms. The fourth-order valence-electron chi connectivity index (χ4n) is 3.67. The second kappa shape index (κ2) is 11.2. The molecule has 172 valence electrons. The Hall–Kier alpha value is -3.06. The second-order valence-electron chi connectivity index (χ2n) is 7.79. The van der Waals surface area contributed by atoms with Gasteiger partial charge in [0.1, 0.15) is 6.61 Å². The van der Waals surface area contributed by atoms with E-state index in [0.717, 1.165) is 49.7 Å². The van der Waals surface area contributed by atoms with E-state index in [2.05, 4.69) is 16.3 Å². The van der Waals surface area contributed by atoms with E-state index in [0.29, 0.717) is 28.7 Å². The van der Waals surface area contributed by atoms with Gasteiger partial charge in [-0.25, -0.2) is 0 Å². The van der Waals surface area contributed by atoms with E-state index in [1.807, 2.05) is 42.5 Å². The van der Waals surface area contributed by atoms with Gasteiger partial charge in [0, 0.05) is 41.5 Å². The SMILES string of the molecule is COc1cc(C(=O)Nc2cccc(CN3CCOCC3)c2)ccc1OCc1ccccc1Cl. The predicted octanol–water partition coefficient (Wildman–Crippen LogP) is 5.01. The Morgan fingerprint density at radius 2 is 1.85 bits per heavy atom. The average molecular weight is 467 g/mol. The minimum atomic E-state index is -0.213. The number of carbonyl (C=O) groups is 1. The van der Waals surface area contributed by atoms with E-state index in [1.54, 1.807) is 25.3 Å². The molecule has 0 spiro atoms. The van der Waals surface area contributed by atoms with Gasteiger partial charge in [-0.3, -0.25) is 9.69 Å². The molecule has 1 amide bonds. The number of ether oxygens (including phenoxy) is 3. The molecule has 1 saturated heterocycles. The van der Waals surface area contributed by atoms with Gasteiger partial charge in [-0.05, 0) is 42.0 Å². The number of morpholine rings is 1. The molecular weight excluding hydrogens is 440 g/mol. The number of halogens is 1. The average Bonchev–Trinajstić information content (AvgIpc) is 2.84. The normalized spacial score (nSPS) is 14.0. The number of hydrogen-bond acceptors (Lipinski definition) is 5. The zero-order valence-electron chi connectivity index (χ0n) is 18.6. The second-order valence-corrected chi connectivity index (χ2v) is 8.20. The number of rotatable bonds is 8. The van der Waals surface area contributed by atoms with E-state index in [9.17, 15) is 4.79 Å². The monoisotopic (exact) mass is 466 g/mol. The number of anilines is 1. The van der Waals surface area contributed by atoms with Crippen molar-refractivity contribution in [3.63, 3.8) is 0 Å². The van der Waals surface area contributed by atoms with Gasteiger partial charge in [0.05, 0.1) is 20.3 Å². The zero-order chi connectivity index (χ0) is 23.0. The molecule has 1 aliphatic heterocycles. The van der Waals surface area contributed by atoms with Crippen molar-refractivity contribution in [3.8, 4) is 11.5 Å². The van der Waals surface area contributed by atoms with Crippen molar-refractivity contribution >= 4 is 23.2 Å². The van der Waals surface area contributed by atoms with Gasteiger partial charge in [0.15, 0.2) is 11.5 Å². The molecule has 0 radical (unpaired) electrons. The summed E-state index contributed by atoms with van der Waals surface area (Å²) in [4.78, 5) is 15.2. The van der Waals surface area contributed by atoms with Crippen LogP contribution >= 0.6 is 11.6 Å². The molecule has 0 aromatic heterocycles. The molecule has 1 fully saturated rings. The quantitative estimate of drug-likeness (QED) is 0.505. The first kappa shape index (κ1) is 23.1. The van der Waals surface area contributed by atoms with Crippen molar-refractivity contribution in [2.24, 2.45) is 0 Å². The van der Waals surface area contributed by atoms with Crippen LogP contribution in [0.5, 0.6) is 11.5 Å². The van der Waals surface area contributed by atoms with Crippen LogP contribution in [0.3, 0.4) is 0 Å². The third-order valence-electron chi connectivity index (χ3n) is 5.46. The lowest BCUT2D eigenvalue weighted by molar-refractivity contribution is 0.0342. The molecule has 1 N–H and O–H groups in total. The maximum absolute atomic E-state index is 12.9. The van der Waals surface area contributed by atoms with Crippen molar-refractivity contribution < 1.29 is 19.0 Å². The summed E-state index contributed by atoms with van der Waals surface area (Å²) in [5.41, 5.74) is 3.26. The highest BCUT2D eigenvalue weighted by molar-refractivity contribution is 6.31. The lowest BCUT2D eigenvalue weighted by Gasteiger charge is -2.26. The van der Waals surface area contributed by atoms with Crippen LogP contribution in [0, 0.1) is 0 Å². The van der Waals surface area contributed by atoms with Gasteiger partial charge in [-0.2, -0.15) is 0 Å². The third-order valence-corrected chi connectivity index (χ3v) is 5.83. The number of nitrogens with one attached hydrogen (secondary N) is 1. The van der Waals surface area contributed by atoms with E-state index >= 15 is 0 Å². The van der Waals surface area contributed by atoms with Crippen LogP contribution in [0.25, 0.3) is 0 Å². The molecule has 1 aliphatic rings. The highest BCUT2D eigenvalue weighted by Crippen LogP contribution is 2.30. The smallest absolute Gasteiger partial charge is 0.255 e. The van der Waals surface area contributed by atoms with Crippen LogP contribution in [0.2, 0.25) is 5.02 Å². The molecule has 0 saturated carbocycles. The summed E-state index contributed by atoms with van der Waals surface area (Å²) in [6.07, 6.45) is 0. The number of carbonyl (C=O) groups excluding carboxylic acids is 1. The minimum Gasteiger partial charge on any atom is -0.493 e. The molecule has 0 aliphatic carbocycles. The third kappa shape index (κ3) is 6.26. The molecule has 3 aromatic carbocycles. The van der Waals surface area contributed by atoms with Crippen LogP contribution in [-0.2, 0) is 17.9 Å². The van der Waals surface area contributed by atoms with Crippen LogP contribution in [-0.4, -0.2) is 44.2 Å². The number of benzene rings is 3. The predicted molar refractivity (Wildman–Crippen MR) is 129 cm³/mol. The van der Waals surface area contributed by atoms with Crippen molar-refractivity contribution in [3.05, 3.63) is 88.4 Å². The largest absolute Gasteiger partial charge is 0.493 e. The molecule has 33 heavy (non-hydrogen) atoms. The summed E-state index contributed by atoms with van der Waals surface area (Å²) in [7, 11) is 1.55. The standard InChI is InChI=1S/C26H27ClN2O4/c1-31-25-16-20(9-10-24(25)33-18-21-6-2-3-8-23(21)27)26(30)28-22-7-4-5-19(15-22)17-29-11-13-32-14-12-29/h2-10,15-16H,11-14,17-18H2,1H3,(H,28,30). The van der Waals surface area contributed by atoms with Crippen LogP contribution < -0.4 is 14.8 Å². The highest BCUT2D eigenvalue weighted by atomic mass is 35.5. The van der Waals surface area contributed by atoms with E-state index in [1.165, 1.54) is 0 Å². The van der Waals surface area contributed by atoms with Gasteiger partial charge in [-0.1, -0.05) is 41.9 Å². The Balaban J connectivity index is 1.41. The Labute approximate surface area is 199 Å². The van der Waals surface area contributed by atoms with E-state index < -0.39 is 0 Å². The van der Waals surface area contributed by atoms with Gasteiger partial charge >= 0.3 is 0 Å². The molecule has 3 aromatic rings. The molecule has 1 heterocycles. The first-order valence-corrected chi connectivity index (χ1v) is 11.2. The Bertz CT molecular complexity index is 1100. The van der Waals surface area contributed by atoms with Crippen molar-refractivity contribution in [1.82, 2.24) is 4.90 Å². The summed E-state index contributed by atoms with van der Waals surface area (Å²) in [5.74, 6) is 0.812. The molecule has 0 atom stereocenters. The lowest BCUT2D eigenvalue weighted by Crippen LogP contribution is -2.35. The fraction of sp³-hybridized carbons (Fsp3) is 0.269. The number of hydrogen-bond donors (Lipinski definition) is 1. The lowest BCUT2D eigenvalue weighted by atomic mass is 10.1. The van der Waals surface area contributed by atoms with Crippen LogP contribution in [0.1, 0.15) is 21.5 Å². The molecule has 0 unspecified atom stereocenters. The molecular formula is C26H27ClN2O4. The number of methoxy groups -OCH3 is 1. The summed E-state index contributed by atoms with van der Waals surface area (Å²) in [6.45, 7) is 4.49. The Morgan fingerprint density at radius 1 is 1.03 bits per heavy atom. The van der Waals surface area contributed by atoms with Gasteiger partial charge in [-0.15, -0.1) is 0 Å². The van der Waals surface area contributed by atoms with E-state index in [4.69, 9.17) is 25.8 Å². The summed E-state index contributed by atoms with van der Waals surface area (Å²) in [6, 6.07) is 20.6. The van der Waals surface area contributed by atoms with E-state index in [-0.39, 0.29) is 5.91 Å².